The summed E-state index contributed by atoms with van der Waals surface area (Å²) in [6, 6.07) is 0.741. The van der Waals surface area contributed by atoms with Gasteiger partial charge in [0.25, 0.3) is 0 Å². The van der Waals surface area contributed by atoms with Crippen molar-refractivity contribution in [3.63, 3.8) is 0 Å². The van der Waals surface area contributed by atoms with Crippen molar-refractivity contribution in [2.24, 2.45) is 17.8 Å². The van der Waals surface area contributed by atoms with E-state index >= 15 is 0 Å². The minimum Gasteiger partial charge on any atom is -0.317 e. The zero-order valence-corrected chi connectivity index (χ0v) is 9.64. The minimum absolute atomic E-state index is 0.741. The van der Waals surface area contributed by atoms with Gasteiger partial charge in [-0.15, -0.1) is 0 Å². The van der Waals surface area contributed by atoms with Crippen LogP contribution < -0.4 is 5.32 Å². The van der Waals surface area contributed by atoms with E-state index < -0.39 is 0 Å². The summed E-state index contributed by atoms with van der Waals surface area (Å²) in [6.07, 6.45) is 5.82. The summed E-state index contributed by atoms with van der Waals surface area (Å²) in [5.41, 5.74) is 0. The van der Waals surface area contributed by atoms with Gasteiger partial charge in [0.2, 0.25) is 0 Å². The van der Waals surface area contributed by atoms with Gasteiger partial charge < -0.3 is 5.32 Å². The monoisotopic (exact) mass is 183 g/mol. The molecule has 0 saturated heterocycles. The quantitative estimate of drug-likeness (QED) is 0.691. The third kappa shape index (κ3) is 2.98. The molecule has 0 aromatic rings. The molecule has 78 valence electrons. The van der Waals surface area contributed by atoms with Crippen molar-refractivity contribution in [2.75, 3.05) is 7.05 Å². The van der Waals surface area contributed by atoms with Gasteiger partial charge in [0.05, 0.1) is 0 Å². The standard InChI is InChI=1S/C12H25N/c1-9(2)10(3)12(13-4)8-11-6-5-7-11/h9-13H,5-8H2,1-4H3. The molecule has 13 heavy (non-hydrogen) atoms. The second kappa shape index (κ2) is 4.99. The van der Waals surface area contributed by atoms with Gasteiger partial charge in [-0.2, -0.15) is 0 Å². The first-order valence-corrected chi connectivity index (χ1v) is 5.82. The molecule has 0 aromatic carbocycles. The molecule has 0 heterocycles. The van der Waals surface area contributed by atoms with Crippen LogP contribution in [0.2, 0.25) is 0 Å². The smallest absolute Gasteiger partial charge is 0.00947 e. The van der Waals surface area contributed by atoms with Gasteiger partial charge in [-0.25, -0.2) is 0 Å². The normalized spacial score (nSPS) is 22.8. The van der Waals surface area contributed by atoms with Crippen molar-refractivity contribution in [3.8, 4) is 0 Å². The minimum atomic E-state index is 0.741. The molecular formula is C12H25N. The van der Waals surface area contributed by atoms with Crippen molar-refractivity contribution in [1.29, 1.82) is 0 Å². The van der Waals surface area contributed by atoms with E-state index in [4.69, 9.17) is 0 Å². The van der Waals surface area contributed by atoms with Crippen LogP contribution in [-0.2, 0) is 0 Å². The van der Waals surface area contributed by atoms with E-state index in [1.54, 1.807) is 0 Å². The molecule has 2 atom stereocenters. The van der Waals surface area contributed by atoms with Gasteiger partial charge in [0.1, 0.15) is 0 Å². The van der Waals surface area contributed by atoms with Crippen LogP contribution in [0.4, 0.5) is 0 Å². The molecule has 1 aliphatic carbocycles. The lowest BCUT2D eigenvalue weighted by molar-refractivity contribution is 0.210. The fourth-order valence-electron chi connectivity index (χ4n) is 2.15. The highest BCUT2D eigenvalue weighted by molar-refractivity contribution is 4.80. The van der Waals surface area contributed by atoms with E-state index in [2.05, 4.69) is 33.1 Å². The Bertz CT molecular complexity index is 138. The number of hydrogen-bond donors (Lipinski definition) is 1. The molecule has 1 rings (SSSR count). The van der Waals surface area contributed by atoms with Gasteiger partial charge in [0, 0.05) is 6.04 Å². The Hall–Kier alpha value is -0.0400. The van der Waals surface area contributed by atoms with Gasteiger partial charge in [0.15, 0.2) is 0 Å². The van der Waals surface area contributed by atoms with Gasteiger partial charge in [-0.1, -0.05) is 40.0 Å². The van der Waals surface area contributed by atoms with Crippen LogP contribution in [0.5, 0.6) is 0 Å². The maximum absolute atomic E-state index is 3.48. The highest BCUT2D eigenvalue weighted by Crippen LogP contribution is 2.32. The molecule has 1 heteroatoms. The van der Waals surface area contributed by atoms with E-state index in [0.29, 0.717) is 0 Å². The molecule has 1 N–H and O–H groups in total. The Morgan fingerprint density at radius 1 is 1.23 bits per heavy atom. The molecule has 0 bridgehead atoms. The van der Waals surface area contributed by atoms with E-state index in [1.807, 2.05) is 0 Å². The maximum Gasteiger partial charge on any atom is 0.00947 e. The summed E-state index contributed by atoms with van der Waals surface area (Å²) >= 11 is 0. The summed E-state index contributed by atoms with van der Waals surface area (Å²) in [7, 11) is 2.11. The highest BCUT2D eigenvalue weighted by atomic mass is 14.9. The van der Waals surface area contributed by atoms with Crippen molar-refractivity contribution in [2.45, 2.75) is 52.5 Å². The SMILES string of the molecule is CNC(CC1CCC1)C(C)C(C)C. The van der Waals surface area contributed by atoms with Crippen LogP contribution in [0.1, 0.15) is 46.5 Å². The summed E-state index contributed by atoms with van der Waals surface area (Å²) in [6.45, 7) is 7.04. The van der Waals surface area contributed by atoms with E-state index in [9.17, 15) is 0 Å². The molecule has 0 aromatic heterocycles. The number of hydrogen-bond acceptors (Lipinski definition) is 1. The highest BCUT2D eigenvalue weighted by Gasteiger charge is 2.25. The lowest BCUT2D eigenvalue weighted by Crippen LogP contribution is -2.37. The lowest BCUT2D eigenvalue weighted by Gasteiger charge is -2.34. The summed E-state index contributed by atoms with van der Waals surface area (Å²) in [5, 5.41) is 3.48. The molecule has 1 saturated carbocycles. The first kappa shape index (κ1) is 11.0. The third-order valence-corrected chi connectivity index (χ3v) is 3.87. The maximum atomic E-state index is 3.48. The van der Waals surface area contributed by atoms with E-state index in [-0.39, 0.29) is 0 Å². The molecule has 1 aliphatic rings. The van der Waals surface area contributed by atoms with Crippen LogP contribution in [-0.4, -0.2) is 13.1 Å². The molecular weight excluding hydrogens is 158 g/mol. The first-order chi connectivity index (χ1) is 6.15. The lowest BCUT2D eigenvalue weighted by atomic mass is 9.76. The zero-order chi connectivity index (χ0) is 9.84. The molecule has 0 aliphatic heterocycles. The molecule has 2 unspecified atom stereocenters. The van der Waals surface area contributed by atoms with Crippen molar-refractivity contribution in [1.82, 2.24) is 5.32 Å². The molecule has 1 nitrogen and oxygen atoms in total. The van der Waals surface area contributed by atoms with Crippen LogP contribution in [0.25, 0.3) is 0 Å². The first-order valence-electron chi connectivity index (χ1n) is 5.82. The van der Waals surface area contributed by atoms with Crippen molar-refractivity contribution >= 4 is 0 Å². The second-order valence-corrected chi connectivity index (χ2v) is 5.03. The second-order valence-electron chi connectivity index (χ2n) is 5.03. The summed E-state index contributed by atoms with van der Waals surface area (Å²) in [5.74, 6) is 2.64. The Kier molecular flexibility index (Phi) is 4.24. The van der Waals surface area contributed by atoms with Crippen LogP contribution >= 0.6 is 0 Å². The number of rotatable bonds is 5. The fraction of sp³-hybridized carbons (Fsp3) is 1.00. The van der Waals surface area contributed by atoms with Crippen molar-refractivity contribution < 1.29 is 0 Å². The molecule has 0 spiro atoms. The van der Waals surface area contributed by atoms with Crippen LogP contribution in [0, 0.1) is 17.8 Å². The zero-order valence-electron chi connectivity index (χ0n) is 9.64. The van der Waals surface area contributed by atoms with Crippen LogP contribution in [0.15, 0.2) is 0 Å². The summed E-state index contributed by atoms with van der Waals surface area (Å²) in [4.78, 5) is 0. The predicted octanol–water partition coefficient (Wildman–Crippen LogP) is 3.06. The van der Waals surface area contributed by atoms with E-state index in [1.165, 1.54) is 25.7 Å². The van der Waals surface area contributed by atoms with Gasteiger partial charge in [-0.3, -0.25) is 0 Å². The Labute approximate surface area is 83.3 Å². The van der Waals surface area contributed by atoms with Crippen molar-refractivity contribution in [3.05, 3.63) is 0 Å². The number of nitrogens with one attached hydrogen (secondary N) is 1. The van der Waals surface area contributed by atoms with Crippen LogP contribution in [0.3, 0.4) is 0 Å². The predicted molar refractivity (Wildman–Crippen MR) is 58.8 cm³/mol. The molecule has 0 amide bonds. The van der Waals surface area contributed by atoms with E-state index in [0.717, 1.165) is 23.8 Å². The third-order valence-electron chi connectivity index (χ3n) is 3.87. The molecule has 1 fully saturated rings. The molecule has 0 radical (unpaired) electrons. The average molecular weight is 183 g/mol. The van der Waals surface area contributed by atoms with Gasteiger partial charge in [-0.05, 0) is 31.2 Å². The van der Waals surface area contributed by atoms with Gasteiger partial charge >= 0.3 is 0 Å². The topological polar surface area (TPSA) is 12.0 Å². The Morgan fingerprint density at radius 2 is 1.85 bits per heavy atom. The largest absolute Gasteiger partial charge is 0.317 e. The summed E-state index contributed by atoms with van der Waals surface area (Å²) < 4.78 is 0. The fourth-order valence-corrected chi connectivity index (χ4v) is 2.15. The average Bonchev–Trinajstić information content (AvgIpc) is 2.02. The Morgan fingerprint density at radius 3 is 2.15 bits per heavy atom. The Balaban J connectivity index is 2.31.